The maximum atomic E-state index is 10.6. The Kier molecular flexibility index (Phi) is 6.68. The van der Waals surface area contributed by atoms with Crippen LogP contribution in [-0.4, -0.2) is 23.1 Å². The van der Waals surface area contributed by atoms with Crippen LogP contribution in [0.5, 0.6) is 0 Å². The molecule has 1 rings (SSSR count). The van der Waals surface area contributed by atoms with Crippen LogP contribution >= 0.6 is 23.2 Å². The number of quaternary nitrogens is 1. The summed E-state index contributed by atoms with van der Waals surface area (Å²) in [6, 6.07) is 2.50. The van der Waals surface area contributed by atoms with Gasteiger partial charge in [0.15, 0.2) is 0 Å². The topological polar surface area (TPSA) is 105 Å². The van der Waals surface area contributed by atoms with Crippen LogP contribution in [0.15, 0.2) is 12.1 Å². The molecule has 0 amide bonds. The second kappa shape index (κ2) is 7.20. The maximum Gasteiger partial charge on any atom is 0.336 e. The third-order valence-electron chi connectivity index (χ3n) is 1.51. The molecule has 1 aromatic carbocycles. The van der Waals surface area contributed by atoms with E-state index >= 15 is 0 Å². The quantitative estimate of drug-likeness (QED) is 0.837. The zero-order valence-corrected chi connectivity index (χ0v) is 11.4. The molecule has 4 N–H and O–H groups in total. The second-order valence-electron chi connectivity index (χ2n) is 3.80. The van der Waals surface area contributed by atoms with Crippen molar-refractivity contribution in [2.45, 2.75) is 19.9 Å². The van der Waals surface area contributed by atoms with Crippen molar-refractivity contribution in [2.24, 2.45) is 0 Å². The predicted molar refractivity (Wildman–Crippen MR) is 65.8 cm³/mol. The summed E-state index contributed by atoms with van der Waals surface area (Å²) in [6.45, 7) is 4.11. The molecule has 0 saturated carbocycles. The molecule has 0 radical (unpaired) electrons. The van der Waals surface area contributed by atoms with Gasteiger partial charge in [0, 0.05) is 5.56 Å². The summed E-state index contributed by atoms with van der Waals surface area (Å²) in [5.74, 6) is -3.01. The van der Waals surface area contributed by atoms with Gasteiger partial charge in [-0.1, -0.05) is 23.2 Å². The highest BCUT2D eigenvalue weighted by molar-refractivity contribution is 6.42. The molecule has 5 nitrogen and oxygen atoms in total. The highest BCUT2D eigenvalue weighted by Crippen LogP contribution is 2.25. The number of carbonyl (C=O) groups excluding carboxylic acids is 1. The number of benzene rings is 1. The lowest BCUT2D eigenvalue weighted by Crippen LogP contribution is -2.57. The minimum absolute atomic E-state index is 0.0194. The maximum absolute atomic E-state index is 10.6. The number of halogens is 2. The van der Waals surface area contributed by atoms with Crippen molar-refractivity contribution < 1.29 is 25.5 Å². The van der Waals surface area contributed by atoms with Crippen LogP contribution in [0.25, 0.3) is 0 Å². The minimum atomic E-state index is -1.61. The lowest BCUT2D eigenvalue weighted by atomic mass is 10.1. The van der Waals surface area contributed by atoms with Gasteiger partial charge in [-0.05, 0) is 26.0 Å². The molecule has 0 heterocycles. The van der Waals surface area contributed by atoms with E-state index in [0.717, 1.165) is 12.1 Å². The van der Waals surface area contributed by atoms with E-state index < -0.39 is 23.1 Å². The summed E-state index contributed by atoms with van der Waals surface area (Å²) in [5.41, 5.74) is 2.70. The first kappa shape index (κ1) is 16.7. The number of hydrogen-bond acceptors (Lipinski definition) is 3. The first-order chi connectivity index (χ1) is 8.16. The fourth-order valence-corrected chi connectivity index (χ4v) is 1.22. The van der Waals surface area contributed by atoms with Gasteiger partial charge in [0.1, 0.15) is 0 Å². The van der Waals surface area contributed by atoms with Crippen LogP contribution in [0.4, 0.5) is 0 Å². The molecule has 0 aliphatic rings. The molecule has 100 valence electrons. The highest BCUT2D eigenvalue weighted by atomic mass is 35.5. The average Bonchev–Trinajstić information content (AvgIpc) is 2.19. The monoisotopic (exact) mass is 293 g/mol. The van der Waals surface area contributed by atoms with E-state index in [1.807, 2.05) is 0 Å². The molecular weight excluding hydrogens is 281 g/mol. The zero-order chi connectivity index (χ0) is 14.5. The van der Waals surface area contributed by atoms with E-state index in [9.17, 15) is 14.7 Å². The van der Waals surface area contributed by atoms with Gasteiger partial charge in [0.25, 0.3) is 0 Å². The van der Waals surface area contributed by atoms with Gasteiger partial charge in [-0.15, -0.1) is 0 Å². The van der Waals surface area contributed by atoms with Crippen molar-refractivity contribution in [3.63, 3.8) is 0 Å². The SMILES string of the molecule is CC(C)[NH3+].O=C([O-])c1cc(Cl)c(Cl)cc1C(=O)O. The second-order valence-corrected chi connectivity index (χ2v) is 4.61. The Labute approximate surface area is 114 Å². The van der Waals surface area contributed by atoms with Gasteiger partial charge in [0.05, 0.1) is 27.6 Å². The molecule has 1 aromatic rings. The van der Waals surface area contributed by atoms with E-state index in [1.165, 1.54) is 0 Å². The molecule has 0 aromatic heterocycles. The van der Waals surface area contributed by atoms with Crippen LogP contribution in [-0.2, 0) is 0 Å². The molecule has 0 atom stereocenters. The third kappa shape index (κ3) is 5.35. The molecule has 0 aliphatic carbocycles. The zero-order valence-electron chi connectivity index (χ0n) is 9.87. The van der Waals surface area contributed by atoms with Crippen LogP contribution in [0.2, 0.25) is 10.0 Å². The fourth-order valence-electron chi connectivity index (χ4n) is 0.893. The number of rotatable bonds is 2. The van der Waals surface area contributed by atoms with Crippen molar-refractivity contribution in [3.05, 3.63) is 33.3 Å². The predicted octanol–water partition coefficient (Wildman–Crippen LogP) is 0.692. The molecule has 0 unspecified atom stereocenters. The van der Waals surface area contributed by atoms with Crippen molar-refractivity contribution in [2.75, 3.05) is 0 Å². The number of carboxylic acid groups (broad SMARTS) is 2. The summed E-state index contributed by atoms with van der Waals surface area (Å²) in [7, 11) is 0. The van der Waals surface area contributed by atoms with Crippen molar-refractivity contribution >= 4 is 35.1 Å². The van der Waals surface area contributed by atoms with Gasteiger partial charge in [-0.25, -0.2) is 4.79 Å². The summed E-state index contributed by atoms with van der Waals surface area (Å²) >= 11 is 11.0. The molecule has 7 heteroatoms. The van der Waals surface area contributed by atoms with Crippen molar-refractivity contribution in [1.82, 2.24) is 0 Å². The highest BCUT2D eigenvalue weighted by Gasteiger charge is 2.13. The lowest BCUT2D eigenvalue weighted by molar-refractivity contribution is -0.407. The fraction of sp³-hybridized carbons (Fsp3) is 0.273. The van der Waals surface area contributed by atoms with Gasteiger partial charge < -0.3 is 20.7 Å². The van der Waals surface area contributed by atoms with Crippen LogP contribution < -0.4 is 10.8 Å². The molecule has 0 saturated heterocycles. The van der Waals surface area contributed by atoms with Crippen LogP contribution in [0.3, 0.4) is 0 Å². The Morgan fingerprint density at radius 3 is 1.83 bits per heavy atom. The summed E-state index contributed by atoms with van der Waals surface area (Å²) in [5, 5.41) is 19.1. The van der Waals surface area contributed by atoms with Crippen molar-refractivity contribution in [1.29, 1.82) is 0 Å². The number of aromatic carboxylic acids is 2. The van der Waals surface area contributed by atoms with E-state index in [4.69, 9.17) is 28.3 Å². The molecule has 0 spiro atoms. The molecule has 0 fully saturated rings. The lowest BCUT2D eigenvalue weighted by Gasteiger charge is -2.08. The third-order valence-corrected chi connectivity index (χ3v) is 2.23. The summed E-state index contributed by atoms with van der Waals surface area (Å²) in [6.07, 6.45) is 0. The summed E-state index contributed by atoms with van der Waals surface area (Å²) in [4.78, 5) is 21.1. The normalized spacial score (nSPS) is 9.67. The number of carbonyl (C=O) groups is 2. The van der Waals surface area contributed by atoms with Gasteiger partial charge in [-0.2, -0.15) is 0 Å². The van der Waals surface area contributed by atoms with E-state index in [0.29, 0.717) is 6.04 Å². The van der Waals surface area contributed by atoms with E-state index in [2.05, 4.69) is 19.6 Å². The van der Waals surface area contributed by atoms with E-state index in [-0.39, 0.29) is 10.0 Å². The van der Waals surface area contributed by atoms with Gasteiger partial charge in [0.2, 0.25) is 0 Å². The average molecular weight is 294 g/mol. The Hall–Kier alpha value is -1.30. The first-order valence-corrected chi connectivity index (χ1v) is 5.69. The first-order valence-electron chi connectivity index (χ1n) is 4.93. The molecule has 0 aliphatic heterocycles. The molecule has 0 bridgehead atoms. The minimum Gasteiger partial charge on any atom is -0.545 e. The summed E-state index contributed by atoms with van der Waals surface area (Å²) < 4.78 is 0. The Bertz CT molecular complexity index is 419. The van der Waals surface area contributed by atoms with Gasteiger partial charge >= 0.3 is 5.97 Å². The Balaban J connectivity index is 0.000000631. The van der Waals surface area contributed by atoms with Crippen LogP contribution in [0, 0.1) is 0 Å². The standard InChI is InChI=1S/C8H4Cl2O4.C3H9N/c9-5-1-3(7(11)12)4(8(13)14)2-6(5)10;1-3(2)4/h1-2H,(H,11,12)(H,13,14);3H,4H2,1-2H3. The molecular formula is C11H13Cl2NO4. The smallest absolute Gasteiger partial charge is 0.336 e. The largest absolute Gasteiger partial charge is 0.545 e. The molecule has 18 heavy (non-hydrogen) atoms. The van der Waals surface area contributed by atoms with E-state index in [1.54, 1.807) is 0 Å². The van der Waals surface area contributed by atoms with Crippen molar-refractivity contribution in [3.8, 4) is 0 Å². The Morgan fingerprint density at radius 1 is 1.22 bits per heavy atom. The Morgan fingerprint density at radius 2 is 1.56 bits per heavy atom. The number of hydrogen-bond donors (Lipinski definition) is 2. The number of carboxylic acids is 2. The van der Waals surface area contributed by atoms with Gasteiger partial charge in [-0.3, -0.25) is 0 Å². The van der Waals surface area contributed by atoms with Crippen LogP contribution in [0.1, 0.15) is 34.6 Å².